The zero-order chi connectivity index (χ0) is 14.9. The van der Waals surface area contributed by atoms with Gasteiger partial charge in [-0.2, -0.15) is 4.31 Å². The van der Waals surface area contributed by atoms with Gasteiger partial charge in [0.05, 0.1) is 5.75 Å². The summed E-state index contributed by atoms with van der Waals surface area (Å²) in [5, 5.41) is 0.421. The number of benzene rings is 1. The average molecular weight is 317 g/mol. The van der Waals surface area contributed by atoms with Crippen LogP contribution in [0.15, 0.2) is 24.3 Å². The van der Waals surface area contributed by atoms with Crippen LogP contribution >= 0.6 is 11.6 Å². The fraction of sp³-hybridized carbons (Fsp3) is 0.462. The maximum Gasteiger partial charge on any atom is 0.240 e. The highest BCUT2D eigenvalue weighted by Crippen LogP contribution is 2.22. The molecule has 1 aliphatic rings. The summed E-state index contributed by atoms with van der Waals surface area (Å²) in [4.78, 5) is 13.4. The predicted octanol–water partition coefficient (Wildman–Crippen LogP) is 1.33. The molecule has 1 aromatic carbocycles. The van der Waals surface area contributed by atoms with E-state index >= 15 is 0 Å². The zero-order valence-corrected chi connectivity index (χ0v) is 13.0. The van der Waals surface area contributed by atoms with E-state index in [1.807, 2.05) is 0 Å². The van der Waals surface area contributed by atoms with Crippen molar-refractivity contribution in [3.8, 4) is 0 Å². The molecule has 2 rings (SSSR count). The molecule has 1 amide bonds. The van der Waals surface area contributed by atoms with E-state index in [-0.39, 0.29) is 11.7 Å². The lowest BCUT2D eigenvalue weighted by molar-refractivity contribution is -0.136. The van der Waals surface area contributed by atoms with Gasteiger partial charge < -0.3 is 4.90 Å². The van der Waals surface area contributed by atoms with Gasteiger partial charge in [-0.15, -0.1) is 0 Å². The van der Waals surface area contributed by atoms with E-state index in [0.29, 0.717) is 23.7 Å². The van der Waals surface area contributed by atoms with Crippen LogP contribution in [0.3, 0.4) is 0 Å². The van der Waals surface area contributed by atoms with Crippen LogP contribution in [0.4, 0.5) is 0 Å². The van der Waals surface area contributed by atoms with Crippen molar-refractivity contribution in [1.29, 1.82) is 0 Å². The second-order valence-corrected chi connectivity index (χ2v) is 7.22. The minimum Gasteiger partial charge on any atom is -0.343 e. The molecule has 0 aromatic heterocycles. The van der Waals surface area contributed by atoms with Gasteiger partial charge in [-0.05, 0) is 18.6 Å². The van der Waals surface area contributed by atoms with Crippen LogP contribution in [0.5, 0.6) is 0 Å². The van der Waals surface area contributed by atoms with Crippen molar-refractivity contribution in [3.05, 3.63) is 34.9 Å². The molecule has 20 heavy (non-hydrogen) atoms. The molecule has 110 valence electrons. The van der Waals surface area contributed by atoms with Crippen molar-refractivity contribution < 1.29 is 13.2 Å². The van der Waals surface area contributed by atoms with Gasteiger partial charge in [-0.1, -0.05) is 29.8 Å². The molecule has 1 aromatic rings. The molecule has 0 bridgehead atoms. The van der Waals surface area contributed by atoms with E-state index in [1.54, 1.807) is 43.1 Å². The molecule has 5 nitrogen and oxygen atoms in total. The Labute approximate surface area is 124 Å². The van der Waals surface area contributed by atoms with Crippen molar-refractivity contribution >= 4 is 27.5 Å². The van der Waals surface area contributed by atoms with Crippen LogP contribution in [-0.2, 0) is 20.6 Å². The molecule has 0 N–H and O–H groups in total. The van der Waals surface area contributed by atoms with Crippen LogP contribution in [0, 0.1) is 0 Å². The first-order valence-electron chi connectivity index (χ1n) is 6.31. The summed E-state index contributed by atoms with van der Waals surface area (Å²) in [6, 6.07) is 6.17. The normalized spacial score (nSPS) is 21.2. The van der Waals surface area contributed by atoms with Gasteiger partial charge in [0.15, 0.2) is 0 Å². The highest BCUT2D eigenvalue weighted by Gasteiger charge is 2.37. The van der Waals surface area contributed by atoms with Gasteiger partial charge in [0.2, 0.25) is 15.9 Å². The maximum absolute atomic E-state index is 12.5. The molecule has 1 aliphatic heterocycles. The second kappa shape index (κ2) is 5.71. The quantitative estimate of drug-likeness (QED) is 0.845. The monoisotopic (exact) mass is 316 g/mol. The molecule has 1 unspecified atom stereocenters. The number of hydrogen-bond acceptors (Lipinski definition) is 3. The van der Waals surface area contributed by atoms with Crippen molar-refractivity contribution in [2.75, 3.05) is 20.1 Å². The predicted molar refractivity (Wildman–Crippen MR) is 77.9 cm³/mol. The third-order valence-electron chi connectivity index (χ3n) is 3.47. The van der Waals surface area contributed by atoms with Crippen molar-refractivity contribution in [3.63, 3.8) is 0 Å². The number of piperazine rings is 1. The Bertz CT molecular complexity index is 618. The van der Waals surface area contributed by atoms with Gasteiger partial charge in [0.1, 0.15) is 6.04 Å². The number of rotatable bonds is 3. The van der Waals surface area contributed by atoms with E-state index in [1.165, 1.54) is 4.31 Å². The SMILES string of the molecule is CC1C(=O)N(C)CCN1S(=O)(=O)Cc1ccccc1Cl. The summed E-state index contributed by atoms with van der Waals surface area (Å²) in [6.45, 7) is 2.34. The highest BCUT2D eigenvalue weighted by atomic mass is 35.5. The molecule has 0 saturated carbocycles. The Hall–Kier alpha value is -1.11. The Balaban J connectivity index is 2.23. The summed E-state index contributed by atoms with van der Waals surface area (Å²) in [5.74, 6) is -0.368. The molecule has 0 aliphatic carbocycles. The topological polar surface area (TPSA) is 57.7 Å². The number of amides is 1. The largest absolute Gasteiger partial charge is 0.343 e. The van der Waals surface area contributed by atoms with Crippen LogP contribution in [-0.4, -0.2) is 49.7 Å². The van der Waals surface area contributed by atoms with Gasteiger partial charge in [-0.3, -0.25) is 4.79 Å². The van der Waals surface area contributed by atoms with Gasteiger partial charge in [0.25, 0.3) is 0 Å². The molecule has 1 heterocycles. The number of likely N-dealkylation sites (N-methyl/N-ethyl adjacent to an activating group) is 1. The molecule has 1 fully saturated rings. The van der Waals surface area contributed by atoms with Crippen molar-refractivity contribution in [2.24, 2.45) is 0 Å². The molecule has 0 radical (unpaired) electrons. The summed E-state index contributed by atoms with van der Waals surface area (Å²) >= 11 is 6.00. The summed E-state index contributed by atoms with van der Waals surface area (Å²) in [7, 11) is -1.89. The highest BCUT2D eigenvalue weighted by molar-refractivity contribution is 7.88. The number of hydrogen-bond donors (Lipinski definition) is 0. The van der Waals surface area contributed by atoms with Gasteiger partial charge >= 0.3 is 0 Å². The van der Waals surface area contributed by atoms with Crippen molar-refractivity contribution in [2.45, 2.75) is 18.7 Å². The minimum atomic E-state index is -3.56. The molecule has 7 heteroatoms. The smallest absolute Gasteiger partial charge is 0.240 e. The lowest BCUT2D eigenvalue weighted by atomic mass is 10.2. The lowest BCUT2D eigenvalue weighted by Crippen LogP contribution is -2.56. The van der Waals surface area contributed by atoms with E-state index in [4.69, 9.17) is 11.6 Å². The Morgan fingerprint density at radius 3 is 2.60 bits per heavy atom. The summed E-state index contributed by atoms with van der Waals surface area (Å²) in [6.07, 6.45) is 0. The first-order chi connectivity index (χ1) is 9.33. The van der Waals surface area contributed by atoms with E-state index in [9.17, 15) is 13.2 Å². The number of carbonyl (C=O) groups excluding carboxylic acids is 1. The van der Waals surface area contributed by atoms with Crippen LogP contribution < -0.4 is 0 Å². The molecule has 1 atom stereocenters. The summed E-state index contributed by atoms with van der Waals surface area (Å²) < 4.78 is 26.2. The van der Waals surface area contributed by atoms with E-state index in [0.717, 1.165) is 0 Å². The Morgan fingerprint density at radius 1 is 1.30 bits per heavy atom. The molecule has 0 spiro atoms. The fourth-order valence-electron chi connectivity index (χ4n) is 2.27. The van der Waals surface area contributed by atoms with Gasteiger partial charge in [0, 0.05) is 25.2 Å². The Morgan fingerprint density at radius 2 is 1.95 bits per heavy atom. The van der Waals surface area contributed by atoms with E-state index in [2.05, 4.69) is 0 Å². The van der Waals surface area contributed by atoms with E-state index < -0.39 is 16.1 Å². The molecular formula is C13H17ClN2O3S. The van der Waals surface area contributed by atoms with Gasteiger partial charge in [-0.25, -0.2) is 8.42 Å². The van der Waals surface area contributed by atoms with Crippen LogP contribution in [0.2, 0.25) is 5.02 Å². The third kappa shape index (κ3) is 2.97. The number of carbonyl (C=O) groups is 1. The number of sulfonamides is 1. The number of halogens is 1. The molecular weight excluding hydrogens is 300 g/mol. The fourth-order valence-corrected chi connectivity index (χ4v) is 4.29. The lowest BCUT2D eigenvalue weighted by Gasteiger charge is -2.36. The average Bonchev–Trinajstić information content (AvgIpc) is 2.38. The summed E-state index contributed by atoms with van der Waals surface area (Å²) in [5.41, 5.74) is 0.549. The van der Waals surface area contributed by atoms with Crippen LogP contribution in [0.1, 0.15) is 12.5 Å². The maximum atomic E-state index is 12.5. The second-order valence-electron chi connectivity index (χ2n) is 4.89. The third-order valence-corrected chi connectivity index (χ3v) is 5.73. The first kappa shape index (κ1) is 15.3. The molecule has 1 saturated heterocycles. The number of nitrogens with zero attached hydrogens (tertiary/aromatic N) is 2. The van der Waals surface area contributed by atoms with Crippen molar-refractivity contribution in [1.82, 2.24) is 9.21 Å². The zero-order valence-electron chi connectivity index (χ0n) is 11.4. The minimum absolute atomic E-state index is 0.181. The standard InChI is InChI=1S/C13H17ClN2O3S/c1-10-13(17)15(2)7-8-16(10)20(18,19)9-11-5-3-4-6-12(11)14/h3-6,10H,7-9H2,1-2H3. The Kier molecular flexibility index (Phi) is 4.36. The van der Waals surface area contributed by atoms with Crippen LogP contribution in [0.25, 0.3) is 0 Å². The first-order valence-corrected chi connectivity index (χ1v) is 8.29.